The van der Waals surface area contributed by atoms with Crippen LogP contribution in [0.1, 0.15) is 219 Å². The number of rotatable bonds is 35. The Hall–Kier alpha value is 0.210. The van der Waals surface area contributed by atoms with Crippen molar-refractivity contribution >= 4 is 12.4 Å². The van der Waals surface area contributed by atoms with Gasteiger partial charge in [0, 0.05) is 27.2 Å². The standard InChI is InChI=1S/C38H80N2.ClH/c1-5-7-9-11-13-15-17-19-21-23-25-27-29-31-33-35-37-40(39(3)4)38-36-34-32-30-28-26-24-22-20-18-16-14-12-10-8-6-2;/h5-38H2,1-4H3;1H. The van der Waals surface area contributed by atoms with Crippen molar-refractivity contribution in [3.8, 4) is 0 Å². The first-order chi connectivity index (χ1) is 19.7. The summed E-state index contributed by atoms with van der Waals surface area (Å²) in [6.45, 7) is 7.12. The zero-order chi connectivity index (χ0) is 29.2. The van der Waals surface area contributed by atoms with E-state index in [0.29, 0.717) is 0 Å². The van der Waals surface area contributed by atoms with Crippen molar-refractivity contribution in [1.82, 2.24) is 10.0 Å². The Morgan fingerprint density at radius 1 is 0.268 bits per heavy atom. The molecule has 0 aromatic carbocycles. The maximum absolute atomic E-state index is 2.59. The summed E-state index contributed by atoms with van der Waals surface area (Å²) in [4.78, 5) is 0. The van der Waals surface area contributed by atoms with Gasteiger partial charge in [0.25, 0.3) is 0 Å². The zero-order valence-electron chi connectivity index (χ0n) is 29.3. The van der Waals surface area contributed by atoms with Crippen LogP contribution in [0.4, 0.5) is 0 Å². The monoisotopic (exact) mass is 601 g/mol. The normalized spacial score (nSPS) is 11.6. The van der Waals surface area contributed by atoms with Crippen molar-refractivity contribution in [2.24, 2.45) is 0 Å². The maximum Gasteiger partial charge on any atom is 0.0133 e. The molecule has 41 heavy (non-hydrogen) atoms. The van der Waals surface area contributed by atoms with Crippen molar-refractivity contribution in [3.05, 3.63) is 0 Å². The fourth-order valence-corrected chi connectivity index (χ4v) is 6.20. The third-order valence-corrected chi connectivity index (χ3v) is 9.11. The molecule has 0 bridgehead atoms. The minimum atomic E-state index is 0. The molecule has 0 rings (SSSR count). The van der Waals surface area contributed by atoms with Crippen molar-refractivity contribution in [1.29, 1.82) is 0 Å². The highest BCUT2D eigenvalue weighted by Crippen LogP contribution is 2.16. The average Bonchev–Trinajstić information content (AvgIpc) is 2.95. The van der Waals surface area contributed by atoms with Gasteiger partial charge >= 0.3 is 0 Å². The smallest absolute Gasteiger partial charge is 0.0133 e. The first-order valence-electron chi connectivity index (χ1n) is 19.1. The molecule has 0 aliphatic carbocycles. The topological polar surface area (TPSA) is 6.48 Å². The highest BCUT2D eigenvalue weighted by atomic mass is 35.5. The summed E-state index contributed by atoms with van der Waals surface area (Å²) in [5, 5.41) is 4.93. The summed E-state index contributed by atoms with van der Waals surface area (Å²) < 4.78 is 0. The molecule has 0 fully saturated rings. The van der Waals surface area contributed by atoms with Gasteiger partial charge in [-0.2, -0.15) is 0 Å². The Labute approximate surface area is 268 Å². The molecule has 0 saturated carbocycles. The van der Waals surface area contributed by atoms with Crippen LogP contribution in [0.2, 0.25) is 0 Å². The van der Waals surface area contributed by atoms with Crippen molar-refractivity contribution in [3.63, 3.8) is 0 Å². The molecule has 250 valence electrons. The molecule has 0 aromatic heterocycles. The van der Waals surface area contributed by atoms with Gasteiger partial charge in [-0.15, -0.1) is 12.4 Å². The predicted molar refractivity (Wildman–Crippen MR) is 192 cm³/mol. The number of unbranched alkanes of at least 4 members (excludes halogenated alkanes) is 30. The fourth-order valence-electron chi connectivity index (χ4n) is 6.20. The first-order valence-corrected chi connectivity index (χ1v) is 19.1. The molecule has 0 N–H and O–H groups in total. The summed E-state index contributed by atoms with van der Waals surface area (Å²) in [6.07, 6.45) is 46.5. The SMILES string of the molecule is CCCCCCCCCCCCCCCCCCN(CCCCCCCCCCCCCCCCCC)N(C)C.Cl. The largest absolute Gasteiger partial charge is 0.248 e. The Balaban J connectivity index is 0. The molecule has 0 aromatic rings. The van der Waals surface area contributed by atoms with Crippen LogP contribution in [-0.2, 0) is 0 Å². The molecule has 2 nitrogen and oxygen atoms in total. The van der Waals surface area contributed by atoms with E-state index in [2.05, 4.69) is 38.0 Å². The molecule has 0 saturated heterocycles. The molecule has 0 aliphatic rings. The number of hydrazine groups is 1. The van der Waals surface area contributed by atoms with E-state index in [4.69, 9.17) is 0 Å². The predicted octanol–water partition coefficient (Wildman–Crippen LogP) is 13.7. The third kappa shape index (κ3) is 36.3. The van der Waals surface area contributed by atoms with Gasteiger partial charge in [-0.1, -0.05) is 206 Å². The van der Waals surface area contributed by atoms with E-state index in [1.807, 2.05) is 0 Å². The van der Waals surface area contributed by atoms with Crippen LogP contribution in [0, 0.1) is 0 Å². The van der Waals surface area contributed by atoms with Crippen molar-refractivity contribution in [2.75, 3.05) is 27.2 Å². The number of hydrogen-bond acceptors (Lipinski definition) is 2. The summed E-state index contributed by atoms with van der Waals surface area (Å²) in [5.41, 5.74) is 0. The summed E-state index contributed by atoms with van der Waals surface area (Å²) >= 11 is 0. The van der Waals surface area contributed by atoms with E-state index in [-0.39, 0.29) is 12.4 Å². The Morgan fingerprint density at radius 2 is 0.439 bits per heavy atom. The van der Waals surface area contributed by atoms with Crippen molar-refractivity contribution < 1.29 is 0 Å². The number of halogens is 1. The molecule has 0 radical (unpaired) electrons. The van der Waals surface area contributed by atoms with Gasteiger partial charge in [0.1, 0.15) is 0 Å². The fraction of sp³-hybridized carbons (Fsp3) is 1.00. The Morgan fingerprint density at radius 3 is 0.610 bits per heavy atom. The van der Waals surface area contributed by atoms with Gasteiger partial charge in [0.05, 0.1) is 0 Å². The van der Waals surface area contributed by atoms with Crippen LogP contribution in [-0.4, -0.2) is 37.2 Å². The zero-order valence-corrected chi connectivity index (χ0v) is 30.2. The molecule has 0 spiro atoms. The number of hydrogen-bond donors (Lipinski definition) is 0. The lowest BCUT2D eigenvalue weighted by molar-refractivity contribution is 0.0216. The second kappa shape index (κ2) is 38.2. The van der Waals surface area contributed by atoms with E-state index in [1.165, 1.54) is 219 Å². The van der Waals surface area contributed by atoms with Gasteiger partial charge < -0.3 is 0 Å². The van der Waals surface area contributed by atoms with Crippen LogP contribution < -0.4 is 0 Å². The van der Waals surface area contributed by atoms with E-state index in [0.717, 1.165) is 0 Å². The first kappa shape index (κ1) is 43.3. The highest BCUT2D eigenvalue weighted by Gasteiger charge is 2.06. The lowest BCUT2D eigenvalue weighted by Gasteiger charge is -2.29. The summed E-state index contributed by atoms with van der Waals surface area (Å²) in [5.74, 6) is 0. The molecule has 0 unspecified atom stereocenters. The highest BCUT2D eigenvalue weighted by molar-refractivity contribution is 5.85. The van der Waals surface area contributed by atoms with Gasteiger partial charge in [-0.25, -0.2) is 10.0 Å². The van der Waals surface area contributed by atoms with Gasteiger partial charge in [-0.05, 0) is 12.8 Å². The lowest BCUT2D eigenvalue weighted by Crippen LogP contribution is -2.38. The van der Waals surface area contributed by atoms with Gasteiger partial charge in [-0.3, -0.25) is 0 Å². The van der Waals surface area contributed by atoms with E-state index < -0.39 is 0 Å². The van der Waals surface area contributed by atoms with E-state index in [9.17, 15) is 0 Å². The molecular weight excluding hydrogens is 520 g/mol. The van der Waals surface area contributed by atoms with Crippen LogP contribution in [0.5, 0.6) is 0 Å². The molecule has 0 atom stereocenters. The van der Waals surface area contributed by atoms with Gasteiger partial charge in [0.15, 0.2) is 0 Å². The second-order valence-corrected chi connectivity index (χ2v) is 13.4. The van der Waals surface area contributed by atoms with Gasteiger partial charge in [0.2, 0.25) is 0 Å². The molecule has 0 aliphatic heterocycles. The molecular formula is C38H81ClN2. The van der Waals surface area contributed by atoms with E-state index >= 15 is 0 Å². The van der Waals surface area contributed by atoms with Crippen LogP contribution in [0.15, 0.2) is 0 Å². The Bertz CT molecular complexity index is 406. The van der Waals surface area contributed by atoms with Crippen molar-refractivity contribution in [2.45, 2.75) is 219 Å². The molecule has 0 amide bonds. The summed E-state index contributed by atoms with van der Waals surface area (Å²) in [6, 6.07) is 0. The van der Waals surface area contributed by atoms with Crippen LogP contribution in [0.3, 0.4) is 0 Å². The lowest BCUT2D eigenvalue weighted by atomic mass is 10.0. The van der Waals surface area contributed by atoms with E-state index in [1.54, 1.807) is 0 Å². The average molecular weight is 602 g/mol. The second-order valence-electron chi connectivity index (χ2n) is 13.4. The van der Waals surface area contributed by atoms with Crippen LogP contribution in [0.25, 0.3) is 0 Å². The number of nitrogens with zero attached hydrogens (tertiary/aromatic N) is 2. The molecule has 0 heterocycles. The quantitative estimate of drug-likeness (QED) is 0.0527. The maximum atomic E-state index is 2.59. The summed E-state index contributed by atoms with van der Waals surface area (Å²) in [7, 11) is 4.47. The Kier molecular flexibility index (Phi) is 40.4. The van der Waals surface area contributed by atoms with Crippen LogP contribution >= 0.6 is 12.4 Å². The third-order valence-electron chi connectivity index (χ3n) is 9.11. The minimum absolute atomic E-state index is 0. The minimum Gasteiger partial charge on any atom is -0.248 e. The molecule has 3 heteroatoms.